The average molecular weight is 288 g/mol. The first-order valence-electron chi connectivity index (χ1n) is 5.33. The van der Waals surface area contributed by atoms with Crippen LogP contribution in [0.15, 0.2) is 23.1 Å². The molecule has 1 rings (SSSR count). The summed E-state index contributed by atoms with van der Waals surface area (Å²) in [6, 6.07) is 4.00. The molecule has 0 heterocycles. The van der Waals surface area contributed by atoms with Crippen molar-refractivity contribution in [3.05, 3.63) is 18.2 Å². The van der Waals surface area contributed by atoms with Gasteiger partial charge in [0.15, 0.2) is 26.6 Å². The number of carbonyl (C=O) groups is 1. The quantitative estimate of drug-likeness (QED) is 0.713. The van der Waals surface area contributed by atoms with Gasteiger partial charge < -0.3 is 20.9 Å². The average Bonchev–Trinajstić information content (AvgIpc) is 2.37. The number of primary amides is 1. The van der Waals surface area contributed by atoms with E-state index >= 15 is 0 Å². The predicted octanol–water partition coefficient (Wildman–Crippen LogP) is -0.710. The van der Waals surface area contributed by atoms with Crippen molar-refractivity contribution in [2.75, 3.05) is 20.8 Å². The molecule has 1 amide bonds. The van der Waals surface area contributed by atoms with Gasteiger partial charge in [-0.15, -0.1) is 0 Å². The van der Waals surface area contributed by atoms with E-state index in [-0.39, 0.29) is 17.2 Å². The van der Waals surface area contributed by atoms with Crippen LogP contribution in [0.1, 0.15) is 0 Å². The zero-order valence-corrected chi connectivity index (χ0v) is 11.4. The Kier molecular flexibility index (Phi) is 4.73. The molecule has 1 unspecified atom stereocenters. The van der Waals surface area contributed by atoms with Crippen LogP contribution in [0.25, 0.3) is 0 Å². The van der Waals surface area contributed by atoms with Gasteiger partial charge in [-0.05, 0) is 12.1 Å². The molecule has 0 radical (unpaired) electrons. The molecule has 0 aliphatic heterocycles. The minimum Gasteiger partial charge on any atom is -0.493 e. The number of benzene rings is 1. The Bertz CT molecular complexity index is 570. The van der Waals surface area contributed by atoms with Crippen molar-refractivity contribution in [2.45, 2.75) is 10.1 Å². The number of sulfone groups is 1. The van der Waals surface area contributed by atoms with Crippen LogP contribution in [-0.4, -0.2) is 40.3 Å². The highest BCUT2D eigenvalue weighted by molar-refractivity contribution is 7.92. The maximum Gasteiger partial charge on any atom is 0.237 e. The molecule has 0 spiro atoms. The first-order chi connectivity index (χ1) is 8.88. The molecule has 0 aliphatic rings. The standard InChI is InChI=1S/C11H16N2O5S/c1-17-8-4-3-7(5-9(8)18-2)19(15,16)10(6-12)11(13)14/h3-5,10H,6,12H2,1-2H3,(H2,13,14). The molecule has 19 heavy (non-hydrogen) atoms. The van der Waals surface area contributed by atoms with Crippen molar-refractivity contribution >= 4 is 15.7 Å². The van der Waals surface area contributed by atoms with Crippen LogP contribution in [0.2, 0.25) is 0 Å². The first-order valence-corrected chi connectivity index (χ1v) is 6.88. The Morgan fingerprint density at radius 2 is 1.84 bits per heavy atom. The van der Waals surface area contributed by atoms with E-state index < -0.39 is 21.0 Å². The van der Waals surface area contributed by atoms with E-state index in [0.29, 0.717) is 5.75 Å². The number of methoxy groups -OCH3 is 2. The molecular formula is C11H16N2O5S. The third kappa shape index (κ3) is 2.96. The Morgan fingerprint density at radius 3 is 2.26 bits per heavy atom. The number of hydrogen-bond donors (Lipinski definition) is 2. The van der Waals surface area contributed by atoms with E-state index in [1.807, 2.05) is 0 Å². The fraction of sp³-hybridized carbons (Fsp3) is 0.364. The number of amides is 1. The summed E-state index contributed by atoms with van der Waals surface area (Å²) < 4.78 is 34.4. The lowest BCUT2D eigenvalue weighted by Crippen LogP contribution is -2.41. The summed E-state index contributed by atoms with van der Waals surface area (Å²) in [6.45, 7) is -0.383. The maximum absolute atomic E-state index is 12.2. The van der Waals surface area contributed by atoms with Gasteiger partial charge in [0, 0.05) is 12.6 Å². The molecule has 0 saturated carbocycles. The molecule has 1 aromatic rings. The van der Waals surface area contributed by atoms with Crippen LogP contribution < -0.4 is 20.9 Å². The van der Waals surface area contributed by atoms with Gasteiger partial charge in [0.05, 0.1) is 19.1 Å². The second-order valence-electron chi connectivity index (χ2n) is 3.69. The minimum absolute atomic E-state index is 0.0978. The predicted molar refractivity (Wildman–Crippen MR) is 68.8 cm³/mol. The summed E-state index contributed by atoms with van der Waals surface area (Å²) in [5, 5.41) is -1.47. The molecule has 0 aliphatic carbocycles. The molecule has 106 valence electrons. The van der Waals surface area contributed by atoms with Gasteiger partial charge in [0.2, 0.25) is 5.91 Å². The summed E-state index contributed by atoms with van der Waals surface area (Å²) in [5.74, 6) is -0.370. The van der Waals surface area contributed by atoms with Crippen LogP contribution in [0.5, 0.6) is 11.5 Å². The van der Waals surface area contributed by atoms with Crippen molar-refractivity contribution < 1.29 is 22.7 Å². The van der Waals surface area contributed by atoms with Crippen molar-refractivity contribution in [1.29, 1.82) is 0 Å². The molecule has 1 aromatic carbocycles. The number of rotatable bonds is 6. The fourth-order valence-electron chi connectivity index (χ4n) is 1.55. The lowest BCUT2D eigenvalue weighted by Gasteiger charge is -2.14. The van der Waals surface area contributed by atoms with Crippen molar-refractivity contribution in [1.82, 2.24) is 0 Å². The van der Waals surface area contributed by atoms with Gasteiger partial charge >= 0.3 is 0 Å². The summed E-state index contributed by atoms with van der Waals surface area (Å²) in [7, 11) is -1.14. The van der Waals surface area contributed by atoms with Crippen molar-refractivity contribution in [3.63, 3.8) is 0 Å². The largest absolute Gasteiger partial charge is 0.493 e. The Balaban J connectivity index is 3.33. The number of nitrogens with two attached hydrogens (primary N) is 2. The lowest BCUT2D eigenvalue weighted by molar-refractivity contribution is -0.117. The molecule has 0 bridgehead atoms. The van der Waals surface area contributed by atoms with E-state index in [1.54, 1.807) is 0 Å². The molecule has 0 fully saturated rings. The highest BCUT2D eigenvalue weighted by Crippen LogP contribution is 2.30. The van der Waals surface area contributed by atoms with Crippen LogP contribution in [0, 0.1) is 0 Å². The van der Waals surface area contributed by atoms with Gasteiger partial charge in [0.1, 0.15) is 0 Å². The Hall–Kier alpha value is -1.80. The topological polar surface area (TPSA) is 122 Å². The van der Waals surface area contributed by atoms with Gasteiger partial charge in [0.25, 0.3) is 0 Å². The van der Waals surface area contributed by atoms with E-state index in [2.05, 4.69) is 0 Å². The van der Waals surface area contributed by atoms with E-state index in [9.17, 15) is 13.2 Å². The zero-order chi connectivity index (χ0) is 14.6. The summed E-state index contributed by atoms with van der Waals surface area (Å²) >= 11 is 0. The van der Waals surface area contributed by atoms with Gasteiger partial charge in [-0.3, -0.25) is 4.79 Å². The second kappa shape index (κ2) is 5.89. The molecule has 7 nitrogen and oxygen atoms in total. The molecule has 4 N–H and O–H groups in total. The third-order valence-electron chi connectivity index (χ3n) is 2.59. The number of hydrogen-bond acceptors (Lipinski definition) is 6. The SMILES string of the molecule is COc1ccc(S(=O)(=O)C(CN)C(N)=O)cc1OC. The van der Waals surface area contributed by atoms with Gasteiger partial charge in [-0.2, -0.15) is 0 Å². The van der Waals surface area contributed by atoms with E-state index in [0.717, 1.165) is 0 Å². The normalized spacial score (nSPS) is 12.8. The second-order valence-corrected chi connectivity index (χ2v) is 5.82. The smallest absolute Gasteiger partial charge is 0.237 e. The summed E-state index contributed by atoms with van der Waals surface area (Å²) in [4.78, 5) is 11.0. The number of ether oxygens (including phenoxy) is 2. The van der Waals surface area contributed by atoms with Crippen LogP contribution in [0.3, 0.4) is 0 Å². The minimum atomic E-state index is -3.94. The highest BCUT2D eigenvalue weighted by Gasteiger charge is 2.31. The van der Waals surface area contributed by atoms with Crippen LogP contribution in [0.4, 0.5) is 0 Å². The number of carbonyl (C=O) groups excluding carboxylic acids is 1. The van der Waals surface area contributed by atoms with E-state index in [4.69, 9.17) is 20.9 Å². The van der Waals surface area contributed by atoms with Crippen molar-refractivity contribution in [2.24, 2.45) is 11.5 Å². The van der Waals surface area contributed by atoms with Crippen molar-refractivity contribution in [3.8, 4) is 11.5 Å². The van der Waals surface area contributed by atoms with Gasteiger partial charge in [-0.25, -0.2) is 8.42 Å². The molecule has 0 saturated heterocycles. The maximum atomic E-state index is 12.2. The molecule has 8 heteroatoms. The van der Waals surface area contributed by atoms with E-state index in [1.165, 1.54) is 32.4 Å². The Morgan fingerprint density at radius 1 is 1.26 bits per heavy atom. The monoisotopic (exact) mass is 288 g/mol. The summed E-state index contributed by atoms with van der Waals surface area (Å²) in [6.07, 6.45) is 0. The highest BCUT2D eigenvalue weighted by atomic mass is 32.2. The molecule has 1 atom stereocenters. The van der Waals surface area contributed by atoms with Gasteiger partial charge in [-0.1, -0.05) is 0 Å². The molecular weight excluding hydrogens is 272 g/mol. The Labute approximate surface area is 111 Å². The molecule has 0 aromatic heterocycles. The summed E-state index contributed by atoms with van der Waals surface area (Å²) in [5.41, 5.74) is 10.3. The zero-order valence-electron chi connectivity index (χ0n) is 10.6. The fourth-order valence-corrected chi connectivity index (χ4v) is 2.97. The lowest BCUT2D eigenvalue weighted by atomic mass is 10.3. The van der Waals surface area contributed by atoms with Crippen LogP contribution >= 0.6 is 0 Å². The van der Waals surface area contributed by atoms with Crippen LogP contribution in [-0.2, 0) is 14.6 Å². The third-order valence-corrected chi connectivity index (χ3v) is 4.67. The first kappa shape index (κ1) is 15.3.